The van der Waals surface area contributed by atoms with Gasteiger partial charge >= 0.3 is 0 Å². The van der Waals surface area contributed by atoms with Crippen LogP contribution in [0.5, 0.6) is 11.5 Å². The Morgan fingerprint density at radius 3 is 2.63 bits per heavy atom. The molecule has 1 saturated heterocycles. The first-order chi connectivity index (χ1) is 14.4. The summed E-state index contributed by atoms with van der Waals surface area (Å²) in [5, 5.41) is 0.486. The largest absolute Gasteiger partial charge is 0.490 e. The van der Waals surface area contributed by atoms with E-state index in [2.05, 4.69) is 19.8 Å². The topological polar surface area (TPSA) is 51.1 Å². The molecule has 0 saturated carbocycles. The maximum absolute atomic E-state index is 12.8. The first kappa shape index (κ1) is 21.8. The number of nitrogens with zero attached hydrogens (tertiary/aromatic N) is 2. The zero-order chi connectivity index (χ0) is 21.7. The fraction of sp³-hybridized carbons (Fsp3) is 0.333. The Bertz CT molecular complexity index is 1010. The molecule has 30 heavy (non-hydrogen) atoms. The van der Waals surface area contributed by atoms with Crippen LogP contribution in [0.1, 0.15) is 23.6 Å². The van der Waals surface area contributed by atoms with Crippen LogP contribution in [-0.4, -0.2) is 41.5 Å². The molecule has 1 amide bonds. The Morgan fingerprint density at radius 1 is 1.13 bits per heavy atom. The number of thioether (sulfide) groups is 1. The second-order valence-electron chi connectivity index (χ2n) is 7.08. The third-order valence-corrected chi connectivity index (χ3v) is 6.12. The van der Waals surface area contributed by atoms with Crippen LogP contribution in [0, 0.1) is 26.2 Å². The summed E-state index contributed by atoms with van der Waals surface area (Å²) >= 11 is 1.49. The Labute approximate surface area is 182 Å². The molecule has 156 valence electrons. The number of aryl methyl sites for hydroxylation is 2. The second kappa shape index (κ2) is 9.73. The van der Waals surface area contributed by atoms with Crippen LogP contribution in [0.2, 0.25) is 0 Å². The Kier molecular flexibility index (Phi) is 7.07. The van der Waals surface area contributed by atoms with Crippen LogP contribution in [0.15, 0.2) is 41.4 Å². The van der Waals surface area contributed by atoms with Gasteiger partial charge in [-0.2, -0.15) is 0 Å². The average molecular weight is 423 g/mol. The van der Waals surface area contributed by atoms with Crippen molar-refractivity contribution in [3.63, 3.8) is 0 Å². The summed E-state index contributed by atoms with van der Waals surface area (Å²) in [6, 6.07) is 11.8. The van der Waals surface area contributed by atoms with E-state index in [1.54, 1.807) is 11.9 Å². The van der Waals surface area contributed by atoms with Crippen molar-refractivity contribution in [2.24, 2.45) is 4.99 Å². The van der Waals surface area contributed by atoms with E-state index < -0.39 is 0 Å². The molecule has 0 bridgehead atoms. The van der Waals surface area contributed by atoms with Gasteiger partial charge in [0.2, 0.25) is 5.91 Å². The van der Waals surface area contributed by atoms with Gasteiger partial charge in [0.25, 0.3) is 0 Å². The van der Waals surface area contributed by atoms with E-state index in [0.29, 0.717) is 29.7 Å². The Morgan fingerprint density at radius 2 is 1.93 bits per heavy atom. The van der Waals surface area contributed by atoms with Gasteiger partial charge in [0.05, 0.1) is 17.5 Å². The van der Waals surface area contributed by atoms with Gasteiger partial charge in [0.1, 0.15) is 6.61 Å². The van der Waals surface area contributed by atoms with Gasteiger partial charge in [0, 0.05) is 7.05 Å². The van der Waals surface area contributed by atoms with Gasteiger partial charge in [-0.25, -0.2) is 4.99 Å². The number of carbonyl (C=O) groups excluding carboxylic acids is 1. The van der Waals surface area contributed by atoms with Crippen molar-refractivity contribution in [3.8, 4) is 23.8 Å². The first-order valence-electron chi connectivity index (χ1n) is 9.85. The summed E-state index contributed by atoms with van der Waals surface area (Å²) in [5.74, 6) is 3.75. The zero-order valence-electron chi connectivity index (χ0n) is 17.8. The molecule has 0 aliphatic carbocycles. The highest BCUT2D eigenvalue weighted by atomic mass is 32.2. The lowest BCUT2D eigenvalue weighted by Gasteiger charge is -2.13. The van der Waals surface area contributed by atoms with Crippen molar-refractivity contribution in [2.45, 2.75) is 32.4 Å². The molecule has 0 spiro atoms. The number of amides is 1. The van der Waals surface area contributed by atoms with E-state index in [1.807, 2.05) is 43.3 Å². The SMILES string of the molecule is C#CCOc1ccc(C[C@@H]2SC(=Nc3ccc(C)c(C)c3)N(C)C2=O)cc1OCC. The molecular formula is C24H26N2O3S. The Hall–Kier alpha value is -2.91. The van der Waals surface area contributed by atoms with Gasteiger partial charge < -0.3 is 9.47 Å². The van der Waals surface area contributed by atoms with Crippen molar-refractivity contribution < 1.29 is 14.3 Å². The summed E-state index contributed by atoms with van der Waals surface area (Å²) in [5.41, 5.74) is 4.26. The number of hydrogen-bond donors (Lipinski definition) is 0. The molecule has 5 nitrogen and oxygen atoms in total. The molecule has 0 radical (unpaired) electrons. The predicted molar refractivity (Wildman–Crippen MR) is 123 cm³/mol. The van der Waals surface area contributed by atoms with Gasteiger partial charge in [-0.3, -0.25) is 9.69 Å². The summed E-state index contributed by atoms with van der Waals surface area (Å²) in [7, 11) is 1.78. The van der Waals surface area contributed by atoms with Crippen LogP contribution < -0.4 is 9.47 Å². The van der Waals surface area contributed by atoms with Gasteiger partial charge in [-0.15, -0.1) is 6.42 Å². The lowest BCUT2D eigenvalue weighted by Crippen LogP contribution is -2.28. The van der Waals surface area contributed by atoms with E-state index in [1.165, 1.54) is 22.9 Å². The fourth-order valence-electron chi connectivity index (χ4n) is 3.10. The number of terminal acetylenes is 1. The molecule has 0 N–H and O–H groups in total. The molecule has 6 heteroatoms. The van der Waals surface area contributed by atoms with Crippen molar-refractivity contribution in [2.75, 3.05) is 20.3 Å². The number of carbonyl (C=O) groups is 1. The molecule has 2 aromatic rings. The van der Waals surface area contributed by atoms with Crippen molar-refractivity contribution >= 4 is 28.5 Å². The number of benzene rings is 2. The highest BCUT2D eigenvalue weighted by Gasteiger charge is 2.35. The maximum atomic E-state index is 12.8. The quantitative estimate of drug-likeness (QED) is 0.616. The predicted octanol–water partition coefficient (Wildman–Crippen LogP) is 4.52. The molecule has 1 aliphatic rings. The van der Waals surface area contributed by atoms with Gasteiger partial charge in [-0.05, 0) is 68.1 Å². The highest BCUT2D eigenvalue weighted by molar-refractivity contribution is 8.15. The minimum atomic E-state index is -0.229. The Balaban J connectivity index is 1.77. The molecule has 1 heterocycles. The minimum absolute atomic E-state index is 0.0493. The van der Waals surface area contributed by atoms with E-state index in [4.69, 9.17) is 20.9 Å². The maximum Gasteiger partial charge on any atom is 0.242 e. The lowest BCUT2D eigenvalue weighted by atomic mass is 10.1. The number of hydrogen-bond acceptors (Lipinski definition) is 5. The molecule has 2 aromatic carbocycles. The number of rotatable bonds is 7. The smallest absolute Gasteiger partial charge is 0.242 e. The van der Waals surface area contributed by atoms with Gasteiger partial charge in [-0.1, -0.05) is 29.8 Å². The molecule has 0 unspecified atom stereocenters. The first-order valence-corrected chi connectivity index (χ1v) is 10.7. The normalized spacial score (nSPS) is 17.3. The highest BCUT2D eigenvalue weighted by Crippen LogP contribution is 2.34. The molecule has 1 fully saturated rings. The minimum Gasteiger partial charge on any atom is -0.490 e. The summed E-state index contributed by atoms with van der Waals surface area (Å²) in [6.45, 7) is 6.74. The lowest BCUT2D eigenvalue weighted by molar-refractivity contribution is -0.125. The van der Waals surface area contributed by atoms with Gasteiger partial charge in [0.15, 0.2) is 16.7 Å². The number of aliphatic imine (C=N–C) groups is 1. The molecule has 0 aromatic heterocycles. The van der Waals surface area contributed by atoms with E-state index in [9.17, 15) is 4.79 Å². The van der Waals surface area contributed by atoms with Crippen molar-refractivity contribution in [3.05, 3.63) is 53.1 Å². The van der Waals surface area contributed by atoms with Crippen LogP contribution in [0.25, 0.3) is 0 Å². The summed E-state index contributed by atoms with van der Waals surface area (Å²) in [6.07, 6.45) is 5.86. The average Bonchev–Trinajstić information content (AvgIpc) is 2.98. The monoisotopic (exact) mass is 422 g/mol. The van der Waals surface area contributed by atoms with E-state index in [-0.39, 0.29) is 17.8 Å². The molecule has 1 atom stereocenters. The van der Waals surface area contributed by atoms with Crippen molar-refractivity contribution in [1.82, 2.24) is 4.90 Å². The number of ether oxygens (including phenoxy) is 2. The van der Waals surface area contributed by atoms with Crippen molar-refractivity contribution in [1.29, 1.82) is 0 Å². The second-order valence-corrected chi connectivity index (χ2v) is 8.25. The zero-order valence-corrected chi connectivity index (χ0v) is 18.6. The standard InChI is InChI=1S/C24H26N2O3S/c1-6-12-29-20-11-9-18(14-21(20)28-7-2)15-22-23(27)26(5)24(30-22)25-19-10-8-16(3)17(4)13-19/h1,8-11,13-14,22H,7,12,15H2,2-5H3/t22-/m0/s1. The van der Waals surface area contributed by atoms with E-state index in [0.717, 1.165) is 11.3 Å². The molecule has 3 rings (SSSR count). The molecular weight excluding hydrogens is 396 g/mol. The third kappa shape index (κ3) is 4.98. The van der Waals surface area contributed by atoms with Crippen LogP contribution in [0.3, 0.4) is 0 Å². The summed E-state index contributed by atoms with van der Waals surface area (Å²) < 4.78 is 11.2. The third-order valence-electron chi connectivity index (χ3n) is 4.90. The van der Waals surface area contributed by atoms with Crippen LogP contribution >= 0.6 is 11.8 Å². The van der Waals surface area contributed by atoms with Crippen LogP contribution in [-0.2, 0) is 11.2 Å². The summed E-state index contributed by atoms with van der Waals surface area (Å²) in [4.78, 5) is 19.1. The fourth-order valence-corrected chi connectivity index (χ4v) is 4.30. The van der Waals surface area contributed by atoms with Crippen LogP contribution in [0.4, 0.5) is 5.69 Å². The van der Waals surface area contributed by atoms with E-state index >= 15 is 0 Å². The number of amidine groups is 1. The molecule has 1 aliphatic heterocycles.